The van der Waals surface area contributed by atoms with Gasteiger partial charge in [-0.3, -0.25) is 0 Å². The molecule has 0 spiro atoms. The van der Waals surface area contributed by atoms with Gasteiger partial charge in [0, 0.05) is 18.6 Å². The van der Waals surface area contributed by atoms with Crippen LogP contribution in [0.5, 0.6) is 5.75 Å². The summed E-state index contributed by atoms with van der Waals surface area (Å²) >= 11 is 0. The largest absolute Gasteiger partial charge is 0.497 e. The van der Waals surface area contributed by atoms with Crippen LogP contribution in [0.2, 0.25) is 0 Å². The lowest BCUT2D eigenvalue weighted by atomic mass is 9.86. The highest BCUT2D eigenvalue weighted by molar-refractivity contribution is 5.37. The highest BCUT2D eigenvalue weighted by Crippen LogP contribution is 2.32. The quantitative estimate of drug-likeness (QED) is 0.863. The number of rotatable bonds is 6. The van der Waals surface area contributed by atoms with Gasteiger partial charge >= 0.3 is 0 Å². The van der Waals surface area contributed by atoms with Gasteiger partial charge in [0.05, 0.1) is 13.7 Å². The predicted molar refractivity (Wildman–Crippen MR) is 82.3 cm³/mol. The first-order valence-electron chi connectivity index (χ1n) is 7.72. The molecule has 1 aromatic carbocycles. The molecule has 0 amide bonds. The number of hydrogen-bond donors (Lipinski definition) is 1. The van der Waals surface area contributed by atoms with Gasteiger partial charge < -0.3 is 14.8 Å². The Morgan fingerprint density at radius 3 is 2.90 bits per heavy atom. The second-order valence-electron chi connectivity index (χ2n) is 5.63. The highest BCUT2D eigenvalue weighted by Gasteiger charge is 2.26. The molecule has 1 heterocycles. The van der Waals surface area contributed by atoms with Crippen molar-refractivity contribution >= 4 is 0 Å². The van der Waals surface area contributed by atoms with E-state index in [0.717, 1.165) is 31.9 Å². The summed E-state index contributed by atoms with van der Waals surface area (Å²) in [7, 11) is 1.72. The van der Waals surface area contributed by atoms with Crippen molar-refractivity contribution in [3.05, 3.63) is 29.3 Å². The maximum Gasteiger partial charge on any atom is 0.119 e. The van der Waals surface area contributed by atoms with Crippen molar-refractivity contribution in [1.29, 1.82) is 0 Å². The first-order chi connectivity index (χ1) is 9.76. The molecule has 1 saturated heterocycles. The summed E-state index contributed by atoms with van der Waals surface area (Å²) in [5.41, 5.74) is 2.68. The maximum absolute atomic E-state index is 5.68. The average Bonchev–Trinajstić information content (AvgIpc) is 2.50. The van der Waals surface area contributed by atoms with E-state index in [9.17, 15) is 0 Å². The van der Waals surface area contributed by atoms with Gasteiger partial charge in [-0.05, 0) is 56.0 Å². The van der Waals surface area contributed by atoms with E-state index in [1.54, 1.807) is 7.11 Å². The number of benzene rings is 1. The van der Waals surface area contributed by atoms with E-state index < -0.39 is 0 Å². The van der Waals surface area contributed by atoms with Gasteiger partial charge in [-0.15, -0.1) is 0 Å². The zero-order chi connectivity index (χ0) is 14.4. The molecule has 1 aromatic rings. The minimum absolute atomic E-state index is 0.390. The molecule has 2 atom stereocenters. The highest BCUT2D eigenvalue weighted by atomic mass is 16.5. The Morgan fingerprint density at radius 1 is 1.45 bits per heavy atom. The van der Waals surface area contributed by atoms with Crippen molar-refractivity contribution in [3.8, 4) is 5.75 Å². The smallest absolute Gasteiger partial charge is 0.119 e. The first-order valence-corrected chi connectivity index (χ1v) is 7.72. The van der Waals surface area contributed by atoms with Crippen molar-refractivity contribution < 1.29 is 9.47 Å². The van der Waals surface area contributed by atoms with Gasteiger partial charge in [-0.1, -0.05) is 13.0 Å². The Bertz CT molecular complexity index is 413. The Hall–Kier alpha value is -1.06. The third-order valence-electron chi connectivity index (χ3n) is 4.09. The number of ether oxygens (including phenoxy) is 2. The second kappa shape index (κ2) is 7.65. The second-order valence-corrected chi connectivity index (χ2v) is 5.63. The number of aryl methyl sites for hydroxylation is 1. The third-order valence-corrected chi connectivity index (χ3v) is 4.09. The van der Waals surface area contributed by atoms with Crippen LogP contribution in [0, 0.1) is 12.8 Å². The molecule has 0 aromatic heterocycles. The Morgan fingerprint density at radius 2 is 2.30 bits per heavy atom. The molecule has 0 saturated carbocycles. The predicted octanol–water partition coefficient (Wildman–Crippen LogP) is 3.47. The topological polar surface area (TPSA) is 30.5 Å². The minimum atomic E-state index is 0.390. The van der Waals surface area contributed by atoms with Crippen LogP contribution in [0.25, 0.3) is 0 Å². The van der Waals surface area contributed by atoms with Crippen LogP contribution in [0.4, 0.5) is 0 Å². The Balaban J connectivity index is 2.20. The van der Waals surface area contributed by atoms with Crippen LogP contribution in [0.3, 0.4) is 0 Å². The summed E-state index contributed by atoms with van der Waals surface area (Å²) in [4.78, 5) is 0. The van der Waals surface area contributed by atoms with Crippen LogP contribution in [-0.2, 0) is 4.74 Å². The maximum atomic E-state index is 5.68. The molecule has 3 heteroatoms. The fraction of sp³-hybridized carbons (Fsp3) is 0.647. The van der Waals surface area contributed by atoms with Gasteiger partial charge in [0.1, 0.15) is 5.75 Å². The standard InChI is InChI=1S/C17H27NO2/c1-4-9-18-17(14-6-5-10-20-12-14)16-8-7-15(19-3)11-13(16)2/h7-8,11,14,17-18H,4-6,9-10,12H2,1-3H3. The molecule has 1 N–H and O–H groups in total. The van der Waals surface area contributed by atoms with Crippen LogP contribution in [0.15, 0.2) is 18.2 Å². The molecule has 0 aliphatic carbocycles. The van der Waals surface area contributed by atoms with E-state index in [0.29, 0.717) is 12.0 Å². The Labute approximate surface area is 122 Å². The van der Waals surface area contributed by atoms with E-state index in [1.165, 1.54) is 24.0 Å². The van der Waals surface area contributed by atoms with Gasteiger partial charge in [0.15, 0.2) is 0 Å². The number of nitrogens with one attached hydrogen (secondary N) is 1. The lowest BCUT2D eigenvalue weighted by molar-refractivity contribution is 0.0389. The lowest BCUT2D eigenvalue weighted by Crippen LogP contribution is -2.34. The summed E-state index contributed by atoms with van der Waals surface area (Å²) in [5, 5.41) is 3.71. The molecule has 3 nitrogen and oxygen atoms in total. The lowest BCUT2D eigenvalue weighted by Gasteiger charge is -2.32. The molecule has 0 bridgehead atoms. The van der Waals surface area contributed by atoms with Crippen LogP contribution in [-0.4, -0.2) is 26.9 Å². The van der Waals surface area contributed by atoms with Gasteiger partial charge in [0.2, 0.25) is 0 Å². The summed E-state index contributed by atoms with van der Waals surface area (Å²) in [6.45, 7) is 7.21. The van der Waals surface area contributed by atoms with Crippen LogP contribution < -0.4 is 10.1 Å². The zero-order valence-electron chi connectivity index (χ0n) is 12.9. The fourth-order valence-corrected chi connectivity index (χ4v) is 2.98. The molecule has 2 unspecified atom stereocenters. The molecule has 1 aliphatic heterocycles. The van der Waals surface area contributed by atoms with E-state index in [4.69, 9.17) is 9.47 Å². The minimum Gasteiger partial charge on any atom is -0.497 e. The van der Waals surface area contributed by atoms with Crippen molar-refractivity contribution in [2.24, 2.45) is 5.92 Å². The van der Waals surface area contributed by atoms with Gasteiger partial charge in [0.25, 0.3) is 0 Å². The third kappa shape index (κ3) is 3.74. The zero-order valence-corrected chi connectivity index (χ0v) is 12.9. The monoisotopic (exact) mass is 277 g/mol. The first kappa shape index (κ1) is 15.3. The fourth-order valence-electron chi connectivity index (χ4n) is 2.98. The van der Waals surface area contributed by atoms with E-state index >= 15 is 0 Å². The van der Waals surface area contributed by atoms with Gasteiger partial charge in [-0.25, -0.2) is 0 Å². The van der Waals surface area contributed by atoms with Crippen LogP contribution >= 0.6 is 0 Å². The van der Waals surface area contributed by atoms with Crippen LogP contribution in [0.1, 0.15) is 43.4 Å². The molecule has 20 heavy (non-hydrogen) atoms. The summed E-state index contributed by atoms with van der Waals surface area (Å²) < 4.78 is 11.0. The molecule has 1 aliphatic rings. The average molecular weight is 277 g/mol. The molecule has 1 fully saturated rings. The van der Waals surface area contributed by atoms with E-state index in [-0.39, 0.29) is 0 Å². The summed E-state index contributed by atoms with van der Waals surface area (Å²) in [6.07, 6.45) is 3.57. The summed E-state index contributed by atoms with van der Waals surface area (Å²) in [5.74, 6) is 1.50. The molecular formula is C17H27NO2. The number of hydrogen-bond acceptors (Lipinski definition) is 3. The van der Waals surface area contributed by atoms with Crippen molar-refractivity contribution in [2.75, 3.05) is 26.9 Å². The normalized spacial score (nSPS) is 20.6. The molecule has 2 rings (SSSR count). The van der Waals surface area contributed by atoms with Crippen molar-refractivity contribution in [3.63, 3.8) is 0 Å². The SMILES string of the molecule is CCCNC(c1ccc(OC)cc1C)C1CCCOC1. The summed E-state index contributed by atoms with van der Waals surface area (Å²) in [6, 6.07) is 6.78. The van der Waals surface area contributed by atoms with Crippen molar-refractivity contribution in [1.82, 2.24) is 5.32 Å². The van der Waals surface area contributed by atoms with Crippen molar-refractivity contribution in [2.45, 2.75) is 39.2 Å². The molecular weight excluding hydrogens is 250 g/mol. The number of methoxy groups -OCH3 is 1. The molecule has 112 valence electrons. The Kier molecular flexibility index (Phi) is 5.86. The van der Waals surface area contributed by atoms with Gasteiger partial charge in [-0.2, -0.15) is 0 Å². The van der Waals surface area contributed by atoms with E-state index in [2.05, 4.69) is 37.4 Å². The molecule has 0 radical (unpaired) electrons. The van der Waals surface area contributed by atoms with E-state index in [1.807, 2.05) is 0 Å².